The predicted octanol–water partition coefficient (Wildman–Crippen LogP) is 16.0. The number of allylic oxidation sites excluding steroid dienone is 4. The quantitative estimate of drug-likeness (QED) is 0.122. The minimum Gasteiger partial charge on any atom is -0.0763 e. The maximum absolute atomic E-state index is 2.65. The van der Waals surface area contributed by atoms with Crippen LogP contribution in [-0.2, 0) is 10.8 Å². The van der Waals surface area contributed by atoms with Gasteiger partial charge in [-0.15, -0.1) is 0 Å². The third-order valence-electron chi connectivity index (χ3n) is 16.1. The van der Waals surface area contributed by atoms with E-state index >= 15 is 0 Å². The van der Waals surface area contributed by atoms with Gasteiger partial charge >= 0.3 is 0 Å². The minimum absolute atomic E-state index is 0.0408. The molecule has 0 nitrogen and oxygen atoms in total. The summed E-state index contributed by atoms with van der Waals surface area (Å²) in [7, 11) is -1.98. The molecule has 0 fully saturated rings. The molecule has 0 radical (unpaired) electrons. The average molecular weight is 849 g/mol. The van der Waals surface area contributed by atoms with Crippen LogP contribution < -0.4 is 10.4 Å². The zero-order valence-corrected chi connectivity index (χ0v) is 39.2. The number of benzene rings is 9. The van der Waals surface area contributed by atoms with Crippen LogP contribution in [-0.4, -0.2) is 8.07 Å². The number of fused-ring (bicyclic) bond motifs is 11. The van der Waals surface area contributed by atoms with Crippen molar-refractivity contribution in [3.63, 3.8) is 0 Å². The van der Waals surface area contributed by atoms with Gasteiger partial charge in [-0.25, -0.2) is 0 Å². The number of hydrogen-bond acceptors (Lipinski definition) is 0. The van der Waals surface area contributed by atoms with Crippen molar-refractivity contribution >= 4 is 51.1 Å². The molecule has 4 aliphatic rings. The van der Waals surface area contributed by atoms with Gasteiger partial charge in [0.05, 0.1) is 0 Å². The van der Waals surface area contributed by atoms with Crippen molar-refractivity contribution in [2.45, 2.75) is 64.5 Å². The van der Waals surface area contributed by atoms with E-state index in [1.165, 1.54) is 122 Å². The van der Waals surface area contributed by atoms with Gasteiger partial charge in [0.2, 0.25) is 0 Å². The highest BCUT2D eigenvalue weighted by Crippen LogP contribution is 2.52. The monoisotopic (exact) mass is 848 g/mol. The Balaban J connectivity index is 1.02. The fourth-order valence-corrected chi connectivity index (χ4v) is 15.8. The Hall–Kier alpha value is -6.80. The molecule has 0 spiro atoms. The smallest absolute Gasteiger partial charge is 0.0763 e. The van der Waals surface area contributed by atoms with Gasteiger partial charge in [0.1, 0.15) is 8.07 Å². The Morgan fingerprint density at radius 2 is 0.923 bits per heavy atom. The normalized spacial score (nSPS) is 16.6. The lowest BCUT2D eigenvalue weighted by Crippen LogP contribution is -2.49. The van der Waals surface area contributed by atoms with E-state index in [9.17, 15) is 0 Å². The first-order chi connectivity index (χ1) is 31.5. The summed E-state index contributed by atoms with van der Waals surface area (Å²) in [5, 5.41) is 8.48. The first kappa shape index (κ1) is 38.6. The second-order valence-corrected chi connectivity index (χ2v) is 25.0. The molecule has 3 aliphatic carbocycles. The van der Waals surface area contributed by atoms with Crippen LogP contribution in [0, 0.1) is 0 Å². The molecule has 13 rings (SSSR count). The number of hydrogen-bond donors (Lipinski definition) is 0. The highest BCUT2D eigenvalue weighted by molar-refractivity contribution is 7.04. The van der Waals surface area contributed by atoms with E-state index in [1.54, 1.807) is 10.4 Å². The molecule has 0 saturated carbocycles. The summed E-state index contributed by atoms with van der Waals surface area (Å²) in [4.78, 5) is 0. The lowest BCUT2D eigenvalue weighted by molar-refractivity contribution is 0.660. The predicted molar refractivity (Wildman–Crippen MR) is 281 cm³/mol. The Labute approximate surface area is 384 Å². The summed E-state index contributed by atoms with van der Waals surface area (Å²) in [5.74, 6) is 0. The Morgan fingerprint density at radius 1 is 0.385 bits per heavy atom. The average Bonchev–Trinajstić information content (AvgIpc) is 3.81. The molecule has 0 saturated heterocycles. The van der Waals surface area contributed by atoms with Gasteiger partial charge in [-0.2, -0.15) is 0 Å². The van der Waals surface area contributed by atoms with Gasteiger partial charge in [-0.05, 0) is 169 Å². The largest absolute Gasteiger partial charge is 0.113 e. The molecule has 0 aromatic heterocycles. The molecule has 9 aromatic rings. The van der Waals surface area contributed by atoms with Crippen LogP contribution in [0.5, 0.6) is 0 Å². The maximum atomic E-state index is 2.65. The van der Waals surface area contributed by atoms with Gasteiger partial charge in [0.15, 0.2) is 0 Å². The Morgan fingerprint density at radius 3 is 1.63 bits per heavy atom. The van der Waals surface area contributed by atoms with Gasteiger partial charge in [-0.1, -0.05) is 199 Å². The van der Waals surface area contributed by atoms with Crippen LogP contribution in [0.1, 0.15) is 73.9 Å². The van der Waals surface area contributed by atoms with Crippen molar-refractivity contribution in [2.24, 2.45) is 0 Å². The molecule has 0 amide bonds. The van der Waals surface area contributed by atoms with E-state index in [1.807, 2.05) is 0 Å². The maximum Gasteiger partial charge on any atom is 0.113 e. The molecular weight excluding hydrogens is 797 g/mol. The van der Waals surface area contributed by atoms with E-state index in [4.69, 9.17) is 0 Å². The lowest BCUT2D eigenvalue weighted by atomic mass is 9.80. The van der Waals surface area contributed by atoms with Crippen LogP contribution in [0.2, 0.25) is 13.1 Å². The molecule has 312 valence electrons. The van der Waals surface area contributed by atoms with Gasteiger partial charge in [0.25, 0.3) is 0 Å². The second kappa shape index (κ2) is 13.6. The first-order valence-corrected chi connectivity index (χ1v) is 26.6. The van der Waals surface area contributed by atoms with Crippen molar-refractivity contribution in [3.8, 4) is 55.6 Å². The summed E-state index contributed by atoms with van der Waals surface area (Å²) in [6, 6.07) is 65.5. The van der Waals surface area contributed by atoms with Crippen molar-refractivity contribution in [2.75, 3.05) is 0 Å². The molecule has 0 bridgehead atoms. The zero-order chi connectivity index (χ0) is 44.0. The van der Waals surface area contributed by atoms with Crippen LogP contribution >= 0.6 is 0 Å². The van der Waals surface area contributed by atoms with Crippen molar-refractivity contribution in [1.29, 1.82) is 0 Å². The molecule has 1 heteroatoms. The SMILES string of the molecule is CC1(C)c2ccccc2-c2ccc(C3=CCCC(c4c5ccccc5c(-c5cccc(-c6ccc7c(c6)C(C)(C)c6ccccc6-7)c5)c5cc6c(cc45)[Si](C)(C)c4ccccc4-6)=C3)cc21. The molecular formula is C64H52Si. The van der Waals surface area contributed by atoms with E-state index in [-0.39, 0.29) is 10.8 Å². The molecule has 0 unspecified atom stereocenters. The second-order valence-electron chi connectivity index (χ2n) is 20.7. The van der Waals surface area contributed by atoms with Crippen molar-refractivity contribution < 1.29 is 0 Å². The van der Waals surface area contributed by atoms with E-state index in [0.717, 1.165) is 12.8 Å². The summed E-state index contributed by atoms with van der Waals surface area (Å²) < 4.78 is 0. The van der Waals surface area contributed by atoms with Gasteiger partial charge < -0.3 is 0 Å². The van der Waals surface area contributed by atoms with E-state index in [2.05, 4.69) is 223 Å². The molecule has 0 atom stereocenters. The van der Waals surface area contributed by atoms with Crippen LogP contribution in [0.4, 0.5) is 0 Å². The van der Waals surface area contributed by atoms with Crippen molar-refractivity contribution in [3.05, 3.63) is 215 Å². The topological polar surface area (TPSA) is 0 Å². The van der Waals surface area contributed by atoms with E-state index < -0.39 is 8.07 Å². The summed E-state index contributed by atoms with van der Waals surface area (Å²) in [6.45, 7) is 14.6. The summed E-state index contributed by atoms with van der Waals surface area (Å²) >= 11 is 0. The standard InChI is InChI=1S/C64H52Si/c1-63(2)55-26-12-9-21-45(55)47-31-29-41(35-57(47)63)39-17-15-19-43(33-39)61-50-24-7-8-25-51(50)62(54-38-60-52(37-53(54)61)49-23-11-14-28-59(49)65(60,5)6)44-20-16-18-40(34-44)42-30-32-48-46-22-10-13-27-56(46)64(3,4)58(48)36-42/h7-15,17-19,21-38H,16,20H2,1-6H3. The van der Waals surface area contributed by atoms with Crippen molar-refractivity contribution in [1.82, 2.24) is 0 Å². The Kier molecular flexibility index (Phi) is 8.09. The highest BCUT2D eigenvalue weighted by atomic mass is 28.3. The minimum atomic E-state index is -1.98. The van der Waals surface area contributed by atoms with Gasteiger partial charge in [0, 0.05) is 10.8 Å². The molecule has 1 aliphatic heterocycles. The van der Waals surface area contributed by atoms with Crippen LogP contribution in [0.15, 0.2) is 182 Å². The molecule has 65 heavy (non-hydrogen) atoms. The summed E-state index contributed by atoms with van der Waals surface area (Å²) in [6.07, 6.45) is 7.05. The molecule has 1 heterocycles. The first-order valence-electron chi connectivity index (χ1n) is 23.6. The molecule has 9 aromatic carbocycles. The van der Waals surface area contributed by atoms with Crippen LogP contribution in [0.3, 0.4) is 0 Å². The molecule has 0 N–H and O–H groups in total. The summed E-state index contributed by atoms with van der Waals surface area (Å²) in [5.41, 5.74) is 24.5. The fraction of sp³-hybridized carbons (Fsp3) is 0.156. The Bertz CT molecular complexity index is 3620. The number of rotatable bonds is 4. The lowest BCUT2D eigenvalue weighted by Gasteiger charge is -2.25. The third-order valence-corrected chi connectivity index (χ3v) is 19.7. The van der Waals surface area contributed by atoms with Gasteiger partial charge in [-0.3, -0.25) is 0 Å². The zero-order valence-electron chi connectivity index (χ0n) is 38.2. The third kappa shape index (κ3) is 5.43. The van der Waals surface area contributed by atoms with E-state index in [0.29, 0.717) is 0 Å². The van der Waals surface area contributed by atoms with Crippen LogP contribution in [0.25, 0.3) is 88.3 Å². The highest BCUT2D eigenvalue weighted by Gasteiger charge is 2.39. The fourth-order valence-electron chi connectivity index (χ4n) is 12.7.